The summed E-state index contributed by atoms with van der Waals surface area (Å²) in [5.41, 5.74) is 0.804. The lowest BCUT2D eigenvalue weighted by molar-refractivity contribution is -0.114. The van der Waals surface area contributed by atoms with Crippen LogP contribution in [-0.4, -0.2) is 19.3 Å². The number of sulfonamides is 1. The molecule has 1 aromatic carbocycles. The number of aromatic nitrogens is 1. The molecule has 1 amide bonds. The van der Waals surface area contributed by atoms with Crippen molar-refractivity contribution >= 4 is 33.0 Å². The molecule has 1 aromatic heterocycles. The molecule has 0 radical (unpaired) electrons. The fraction of sp³-hybridized carbons (Fsp3) is 0.167. The number of hydrogen-bond donors (Lipinski definition) is 2. The van der Waals surface area contributed by atoms with Crippen molar-refractivity contribution in [2.75, 3.05) is 5.32 Å². The number of amides is 1. The fourth-order valence-electron chi connectivity index (χ4n) is 1.69. The monoisotopic (exact) mass is 311 g/mol. The highest BCUT2D eigenvalue weighted by atomic mass is 32.2. The zero-order valence-electron chi connectivity index (χ0n) is 10.9. The fourth-order valence-corrected chi connectivity index (χ4v) is 3.33. The first-order valence-electron chi connectivity index (χ1n) is 5.64. The maximum atomic E-state index is 11.7. The molecule has 0 fully saturated rings. The first-order chi connectivity index (χ1) is 9.27. The number of nitrogens with zero attached hydrogens (tertiary/aromatic N) is 1. The Bertz CT molecular complexity index is 766. The average Bonchev–Trinajstić information content (AvgIpc) is 2.74. The Morgan fingerprint density at radius 3 is 2.60 bits per heavy atom. The van der Waals surface area contributed by atoms with E-state index in [1.807, 2.05) is 6.92 Å². The van der Waals surface area contributed by atoms with Crippen molar-refractivity contribution in [1.82, 2.24) is 4.98 Å². The summed E-state index contributed by atoms with van der Waals surface area (Å²) in [5.74, 6) is -0.289. The van der Waals surface area contributed by atoms with E-state index in [2.05, 4.69) is 10.3 Å². The summed E-state index contributed by atoms with van der Waals surface area (Å²) in [4.78, 5) is 16.1. The van der Waals surface area contributed by atoms with Gasteiger partial charge in [-0.1, -0.05) is 0 Å². The largest absolute Gasteiger partial charge is 0.326 e. The van der Waals surface area contributed by atoms with Crippen LogP contribution < -0.4 is 10.5 Å². The average molecular weight is 311 g/mol. The number of nitrogens with one attached hydrogen (secondary N) is 1. The molecule has 0 aliphatic carbocycles. The minimum atomic E-state index is -3.92. The molecule has 6 nitrogen and oxygen atoms in total. The van der Waals surface area contributed by atoms with Crippen LogP contribution in [0.1, 0.15) is 11.8 Å². The normalized spacial score (nSPS) is 11.3. The number of primary sulfonamides is 1. The number of anilines is 1. The number of thiazole rings is 1. The Balaban J connectivity index is 2.60. The molecule has 0 aliphatic rings. The van der Waals surface area contributed by atoms with Gasteiger partial charge in [0, 0.05) is 29.2 Å². The standard InChI is InChI=1S/C12H13N3O3S2/c1-7-6-14-12(19-7)10-4-3-9(15-8(2)16)5-11(10)20(13,17)18/h3-6H,1-2H3,(H,15,16)(H2,13,17,18). The second-order valence-corrected chi connectivity index (χ2v) is 6.98. The van der Waals surface area contributed by atoms with Gasteiger partial charge in [0.15, 0.2) is 0 Å². The van der Waals surface area contributed by atoms with Gasteiger partial charge in [-0.25, -0.2) is 18.5 Å². The Morgan fingerprint density at radius 1 is 1.40 bits per heavy atom. The number of benzene rings is 1. The van der Waals surface area contributed by atoms with Crippen LogP contribution in [0.4, 0.5) is 5.69 Å². The molecule has 0 saturated carbocycles. The lowest BCUT2D eigenvalue weighted by Crippen LogP contribution is -2.14. The number of hydrogen-bond acceptors (Lipinski definition) is 5. The van der Waals surface area contributed by atoms with Gasteiger partial charge in [-0.05, 0) is 25.1 Å². The van der Waals surface area contributed by atoms with Crippen molar-refractivity contribution in [2.45, 2.75) is 18.7 Å². The van der Waals surface area contributed by atoms with Crippen molar-refractivity contribution in [3.63, 3.8) is 0 Å². The second kappa shape index (κ2) is 5.31. The van der Waals surface area contributed by atoms with E-state index in [0.717, 1.165) is 4.88 Å². The quantitative estimate of drug-likeness (QED) is 0.901. The van der Waals surface area contributed by atoms with E-state index in [9.17, 15) is 13.2 Å². The SMILES string of the molecule is CC(=O)Nc1ccc(-c2ncc(C)s2)c(S(N)(=O)=O)c1. The maximum absolute atomic E-state index is 11.7. The summed E-state index contributed by atoms with van der Waals surface area (Å²) < 4.78 is 23.4. The van der Waals surface area contributed by atoms with Crippen molar-refractivity contribution in [3.8, 4) is 10.6 Å². The number of aryl methyl sites for hydroxylation is 1. The minimum absolute atomic E-state index is 0.0573. The number of rotatable bonds is 3. The molecule has 2 rings (SSSR count). The number of carbonyl (C=O) groups is 1. The van der Waals surface area contributed by atoms with E-state index in [1.54, 1.807) is 18.3 Å². The Morgan fingerprint density at radius 2 is 2.10 bits per heavy atom. The van der Waals surface area contributed by atoms with E-state index in [-0.39, 0.29) is 10.8 Å². The summed E-state index contributed by atoms with van der Waals surface area (Å²) in [6.07, 6.45) is 1.66. The molecule has 2 aromatic rings. The first kappa shape index (κ1) is 14.6. The van der Waals surface area contributed by atoms with E-state index in [1.165, 1.54) is 24.3 Å². The van der Waals surface area contributed by atoms with Crippen LogP contribution in [0.3, 0.4) is 0 Å². The molecule has 0 spiro atoms. The highest BCUT2D eigenvalue weighted by Crippen LogP contribution is 2.32. The van der Waals surface area contributed by atoms with Gasteiger partial charge in [0.1, 0.15) is 5.01 Å². The Labute approximate surface area is 120 Å². The molecule has 0 unspecified atom stereocenters. The van der Waals surface area contributed by atoms with Crippen molar-refractivity contribution < 1.29 is 13.2 Å². The van der Waals surface area contributed by atoms with Gasteiger partial charge in [-0.15, -0.1) is 11.3 Å². The summed E-state index contributed by atoms with van der Waals surface area (Å²) in [6.45, 7) is 3.22. The van der Waals surface area contributed by atoms with Gasteiger partial charge in [-0.3, -0.25) is 4.79 Å². The van der Waals surface area contributed by atoms with Gasteiger partial charge in [-0.2, -0.15) is 0 Å². The molecule has 0 saturated heterocycles. The van der Waals surface area contributed by atoms with Gasteiger partial charge in [0.05, 0.1) is 4.90 Å². The van der Waals surface area contributed by atoms with Crippen LogP contribution >= 0.6 is 11.3 Å². The van der Waals surface area contributed by atoms with E-state index in [4.69, 9.17) is 5.14 Å². The zero-order valence-corrected chi connectivity index (χ0v) is 12.5. The molecular formula is C12H13N3O3S2. The van der Waals surface area contributed by atoms with E-state index in [0.29, 0.717) is 16.3 Å². The summed E-state index contributed by atoms with van der Waals surface area (Å²) in [5, 5.41) is 8.33. The molecule has 0 bridgehead atoms. The Kier molecular flexibility index (Phi) is 3.89. The second-order valence-electron chi connectivity index (χ2n) is 4.21. The maximum Gasteiger partial charge on any atom is 0.238 e. The molecule has 8 heteroatoms. The highest BCUT2D eigenvalue weighted by Gasteiger charge is 2.18. The third kappa shape index (κ3) is 3.21. The highest BCUT2D eigenvalue weighted by molar-refractivity contribution is 7.89. The van der Waals surface area contributed by atoms with Gasteiger partial charge < -0.3 is 5.32 Å². The minimum Gasteiger partial charge on any atom is -0.326 e. The lowest BCUT2D eigenvalue weighted by atomic mass is 10.2. The molecule has 0 aliphatic heterocycles. The summed E-state index contributed by atoms with van der Waals surface area (Å²) in [6, 6.07) is 4.54. The van der Waals surface area contributed by atoms with Crippen LogP contribution in [-0.2, 0) is 14.8 Å². The van der Waals surface area contributed by atoms with Crippen LogP contribution in [0.2, 0.25) is 0 Å². The first-order valence-corrected chi connectivity index (χ1v) is 8.01. The summed E-state index contributed by atoms with van der Waals surface area (Å²) >= 11 is 1.37. The Hall–Kier alpha value is -1.77. The predicted octanol–water partition coefficient (Wildman–Crippen LogP) is 1.72. The van der Waals surface area contributed by atoms with Crippen molar-refractivity contribution in [3.05, 3.63) is 29.3 Å². The van der Waals surface area contributed by atoms with Crippen molar-refractivity contribution in [2.24, 2.45) is 5.14 Å². The van der Waals surface area contributed by atoms with Gasteiger partial charge in [0.25, 0.3) is 0 Å². The van der Waals surface area contributed by atoms with Crippen LogP contribution in [0, 0.1) is 6.92 Å². The third-order valence-corrected chi connectivity index (χ3v) is 4.36. The molecule has 3 N–H and O–H groups in total. The molecule has 0 atom stereocenters. The lowest BCUT2D eigenvalue weighted by Gasteiger charge is -2.08. The molecule has 106 valence electrons. The van der Waals surface area contributed by atoms with Crippen LogP contribution in [0.25, 0.3) is 10.6 Å². The van der Waals surface area contributed by atoms with Gasteiger partial charge in [0.2, 0.25) is 15.9 Å². The van der Waals surface area contributed by atoms with Gasteiger partial charge >= 0.3 is 0 Å². The smallest absolute Gasteiger partial charge is 0.238 e. The third-order valence-electron chi connectivity index (χ3n) is 2.46. The molecular weight excluding hydrogens is 298 g/mol. The summed E-state index contributed by atoms with van der Waals surface area (Å²) in [7, 11) is -3.92. The van der Waals surface area contributed by atoms with E-state index < -0.39 is 10.0 Å². The van der Waals surface area contributed by atoms with Crippen molar-refractivity contribution in [1.29, 1.82) is 0 Å². The van der Waals surface area contributed by atoms with Crippen LogP contribution in [0.15, 0.2) is 29.3 Å². The topological polar surface area (TPSA) is 102 Å². The zero-order chi connectivity index (χ0) is 14.9. The number of nitrogens with two attached hydrogens (primary N) is 1. The molecule has 1 heterocycles. The molecule has 20 heavy (non-hydrogen) atoms. The number of carbonyl (C=O) groups excluding carboxylic acids is 1. The van der Waals surface area contributed by atoms with E-state index >= 15 is 0 Å². The predicted molar refractivity (Wildman–Crippen MR) is 78.0 cm³/mol. The van der Waals surface area contributed by atoms with Crippen LogP contribution in [0.5, 0.6) is 0 Å².